The van der Waals surface area contributed by atoms with Gasteiger partial charge in [0.05, 0.1) is 5.69 Å². The molecular weight excluding hydrogens is 240 g/mol. The number of urea groups is 1. The Balaban J connectivity index is 1.55. The molecule has 3 N–H and O–H groups in total. The SMILES string of the molecule is O=C(NCc1ccc(-c2ccn[nH]2)cc1)NC1CC1. The van der Waals surface area contributed by atoms with Crippen LogP contribution in [0.15, 0.2) is 36.5 Å². The predicted octanol–water partition coefficient (Wildman–Crippen LogP) is 2.04. The first-order chi connectivity index (χ1) is 9.31. The van der Waals surface area contributed by atoms with Gasteiger partial charge in [-0.3, -0.25) is 5.10 Å². The van der Waals surface area contributed by atoms with E-state index in [-0.39, 0.29) is 6.03 Å². The summed E-state index contributed by atoms with van der Waals surface area (Å²) in [6.45, 7) is 0.543. The minimum atomic E-state index is -0.0832. The van der Waals surface area contributed by atoms with E-state index in [9.17, 15) is 4.79 Å². The van der Waals surface area contributed by atoms with Crippen molar-refractivity contribution in [1.82, 2.24) is 20.8 Å². The quantitative estimate of drug-likeness (QED) is 0.783. The van der Waals surface area contributed by atoms with E-state index >= 15 is 0 Å². The number of H-pyrrole nitrogens is 1. The molecule has 1 aliphatic rings. The van der Waals surface area contributed by atoms with Gasteiger partial charge in [0.25, 0.3) is 0 Å². The lowest BCUT2D eigenvalue weighted by atomic mass is 10.1. The molecule has 1 saturated carbocycles. The largest absolute Gasteiger partial charge is 0.335 e. The minimum absolute atomic E-state index is 0.0832. The molecule has 1 aliphatic carbocycles. The van der Waals surface area contributed by atoms with Gasteiger partial charge >= 0.3 is 6.03 Å². The molecule has 0 aliphatic heterocycles. The Morgan fingerprint density at radius 3 is 2.68 bits per heavy atom. The Morgan fingerprint density at radius 1 is 1.26 bits per heavy atom. The lowest BCUT2D eigenvalue weighted by Gasteiger charge is -2.07. The van der Waals surface area contributed by atoms with Crippen molar-refractivity contribution in [3.63, 3.8) is 0 Å². The number of hydrogen-bond donors (Lipinski definition) is 3. The molecule has 1 aromatic carbocycles. The van der Waals surface area contributed by atoms with Crippen LogP contribution in [-0.4, -0.2) is 22.3 Å². The van der Waals surface area contributed by atoms with Crippen LogP contribution in [0.2, 0.25) is 0 Å². The van der Waals surface area contributed by atoms with Crippen LogP contribution in [0, 0.1) is 0 Å². The molecule has 1 fully saturated rings. The fourth-order valence-electron chi connectivity index (χ4n) is 1.87. The van der Waals surface area contributed by atoms with Crippen LogP contribution < -0.4 is 10.6 Å². The van der Waals surface area contributed by atoms with Gasteiger partial charge in [-0.1, -0.05) is 24.3 Å². The zero-order valence-corrected chi connectivity index (χ0v) is 10.5. The summed E-state index contributed by atoms with van der Waals surface area (Å²) in [5, 5.41) is 12.6. The smallest absolute Gasteiger partial charge is 0.315 e. The second-order valence-corrected chi connectivity index (χ2v) is 4.77. The van der Waals surface area contributed by atoms with Gasteiger partial charge in [-0.05, 0) is 30.0 Å². The van der Waals surface area contributed by atoms with Gasteiger partial charge in [0.1, 0.15) is 0 Å². The minimum Gasteiger partial charge on any atom is -0.335 e. The first-order valence-corrected chi connectivity index (χ1v) is 6.44. The second kappa shape index (κ2) is 5.14. The molecule has 1 aromatic heterocycles. The molecule has 98 valence electrons. The van der Waals surface area contributed by atoms with E-state index < -0.39 is 0 Å². The molecule has 0 spiro atoms. The molecule has 5 heteroatoms. The summed E-state index contributed by atoms with van der Waals surface area (Å²) in [4.78, 5) is 11.5. The average Bonchev–Trinajstić information content (AvgIpc) is 3.07. The zero-order valence-electron chi connectivity index (χ0n) is 10.5. The van der Waals surface area contributed by atoms with Crippen molar-refractivity contribution in [3.8, 4) is 11.3 Å². The fourth-order valence-corrected chi connectivity index (χ4v) is 1.87. The van der Waals surface area contributed by atoms with Gasteiger partial charge in [0.2, 0.25) is 0 Å². The van der Waals surface area contributed by atoms with Crippen molar-refractivity contribution in [2.45, 2.75) is 25.4 Å². The van der Waals surface area contributed by atoms with Gasteiger partial charge in [0.15, 0.2) is 0 Å². The van der Waals surface area contributed by atoms with E-state index in [2.05, 4.69) is 20.8 Å². The third kappa shape index (κ3) is 3.13. The van der Waals surface area contributed by atoms with Crippen LogP contribution in [0.3, 0.4) is 0 Å². The number of hydrogen-bond acceptors (Lipinski definition) is 2. The van der Waals surface area contributed by atoms with Gasteiger partial charge in [0, 0.05) is 18.8 Å². The van der Waals surface area contributed by atoms with Crippen molar-refractivity contribution in [3.05, 3.63) is 42.1 Å². The molecular formula is C14H16N4O. The average molecular weight is 256 g/mol. The first kappa shape index (κ1) is 11.8. The van der Waals surface area contributed by atoms with Crippen molar-refractivity contribution in [2.75, 3.05) is 0 Å². The number of nitrogens with one attached hydrogen (secondary N) is 3. The summed E-state index contributed by atoms with van der Waals surface area (Å²) in [5.41, 5.74) is 3.16. The molecule has 2 aromatic rings. The van der Waals surface area contributed by atoms with Gasteiger partial charge in [-0.15, -0.1) is 0 Å². The van der Waals surface area contributed by atoms with E-state index in [0.29, 0.717) is 12.6 Å². The van der Waals surface area contributed by atoms with Crippen molar-refractivity contribution in [2.24, 2.45) is 0 Å². The third-order valence-electron chi connectivity index (χ3n) is 3.13. The molecule has 0 radical (unpaired) electrons. The number of amides is 2. The highest BCUT2D eigenvalue weighted by Gasteiger charge is 2.22. The number of nitrogens with zero attached hydrogens (tertiary/aromatic N) is 1. The van der Waals surface area contributed by atoms with E-state index in [0.717, 1.165) is 29.7 Å². The van der Waals surface area contributed by atoms with Gasteiger partial charge < -0.3 is 10.6 Å². The summed E-state index contributed by atoms with van der Waals surface area (Å²) in [5.74, 6) is 0. The Morgan fingerprint density at radius 2 is 2.05 bits per heavy atom. The molecule has 5 nitrogen and oxygen atoms in total. The van der Waals surface area contributed by atoms with Crippen LogP contribution in [-0.2, 0) is 6.54 Å². The Labute approximate surface area is 111 Å². The van der Waals surface area contributed by atoms with E-state index in [4.69, 9.17) is 0 Å². The summed E-state index contributed by atoms with van der Waals surface area (Å²) >= 11 is 0. The first-order valence-electron chi connectivity index (χ1n) is 6.44. The Hall–Kier alpha value is -2.30. The lowest BCUT2D eigenvalue weighted by molar-refractivity contribution is 0.240. The molecule has 0 bridgehead atoms. The molecule has 19 heavy (non-hydrogen) atoms. The normalized spacial score (nSPS) is 14.1. The molecule has 0 atom stereocenters. The molecule has 3 rings (SSSR count). The van der Waals surface area contributed by atoms with Crippen LogP contribution in [0.1, 0.15) is 18.4 Å². The summed E-state index contributed by atoms with van der Waals surface area (Å²) in [7, 11) is 0. The van der Waals surface area contributed by atoms with Crippen molar-refractivity contribution < 1.29 is 4.79 Å². The summed E-state index contributed by atoms with van der Waals surface area (Å²) in [6, 6.07) is 10.3. The summed E-state index contributed by atoms with van der Waals surface area (Å²) < 4.78 is 0. The Kier molecular flexibility index (Phi) is 3.18. The second-order valence-electron chi connectivity index (χ2n) is 4.77. The third-order valence-corrected chi connectivity index (χ3v) is 3.13. The Bertz CT molecular complexity index is 543. The molecule has 1 heterocycles. The summed E-state index contributed by atoms with van der Waals surface area (Å²) in [6.07, 6.45) is 3.94. The van der Waals surface area contributed by atoms with Crippen molar-refractivity contribution >= 4 is 6.03 Å². The molecule has 0 unspecified atom stereocenters. The highest BCUT2D eigenvalue weighted by Crippen LogP contribution is 2.18. The fraction of sp³-hybridized carbons (Fsp3) is 0.286. The molecule has 2 amide bonds. The topological polar surface area (TPSA) is 69.8 Å². The maximum atomic E-state index is 11.5. The van der Waals surface area contributed by atoms with Crippen LogP contribution in [0.5, 0.6) is 0 Å². The van der Waals surface area contributed by atoms with Gasteiger partial charge in [-0.2, -0.15) is 5.10 Å². The van der Waals surface area contributed by atoms with E-state index in [1.54, 1.807) is 6.20 Å². The number of carbonyl (C=O) groups is 1. The highest BCUT2D eigenvalue weighted by atomic mass is 16.2. The predicted molar refractivity (Wildman–Crippen MR) is 72.4 cm³/mol. The molecule has 0 saturated heterocycles. The monoisotopic (exact) mass is 256 g/mol. The number of carbonyl (C=O) groups excluding carboxylic acids is 1. The van der Waals surface area contributed by atoms with Gasteiger partial charge in [-0.25, -0.2) is 4.79 Å². The van der Waals surface area contributed by atoms with Crippen LogP contribution in [0.4, 0.5) is 4.79 Å². The number of rotatable bonds is 4. The zero-order chi connectivity index (χ0) is 13.1. The van der Waals surface area contributed by atoms with E-state index in [1.165, 1.54) is 0 Å². The van der Waals surface area contributed by atoms with Crippen LogP contribution in [0.25, 0.3) is 11.3 Å². The lowest BCUT2D eigenvalue weighted by Crippen LogP contribution is -2.36. The van der Waals surface area contributed by atoms with E-state index in [1.807, 2.05) is 30.3 Å². The number of benzene rings is 1. The standard InChI is InChI=1S/C14H16N4O/c19-14(17-12-5-6-12)15-9-10-1-3-11(4-2-10)13-7-8-16-18-13/h1-4,7-8,12H,5-6,9H2,(H,16,18)(H2,15,17,19). The highest BCUT2D eigenvalue weighted by molar-refractivity contribution is 5.74. The maximum Gasteiger partial charge on any atom is 0.315 e. The van der Waals surface area contributed by atoms with Crippen molar-refractivity contribution in [1.29, 1.82) is 0 Å². The maximum absolute atomic E-state index is 11.5. The number of aromatic amines is 1. The van der Waals surface area contributed by atoms with Crippen LogP contribution >= 0.6 is 0 Å². The number of aromatic nitrogens is 2.